The Balaban J connectivity index is 0.00000220. The molecule has 0 saturated carbocycles. The molecule has 1 aliphatic rings. The van der Waals surface area contributed by atoms with Crippen molar-refractivity contribution in [3.63, 3.8) is 0 Å². The predicted octanol–water partition coefficient (Wildman–Crippen LogP) is 2.51. The molecular formula is C16H25ClN2O2. The Morgan fingerprint density at radius 3 is 2.76 bits per heavy atom. The van der Waals surface area contributed by atoms with Gasteiger partial charge in [-0.15, -0.1) is 12.4 Å². The molecule has 1 atom stereocenters. The molecular weight excluding hydrogens is 288 g/mol. The second-order valence-electron chi connectivity index (χ2n) is 5.25. The summed E-state index contributed by atoms with van der Waals surface area (Å²) in [5, 5.41) is 6.28. The lowest BCUT2D eigenvalue weighted by Gasteiger charge is -2.21. The van der Waals surface area contributed by atoms with Gasteiger partial charge in [-0.05, 0) is 43.5 Å². The van der Waals surface area contributed by atoms with Crippen molar-refractivity contribution >= 4 is 18.3 Å². The number of carbonyl (C=O) groups excluding carboxylic acids is 1. The van der Waals surface area contributed by atoms with E-state index in [9.17, 15) is 4.79 Å². The number of nitrogens with one attached hydrogen (secondary N) is 2. The van der Waals surface area contributed by atoms with E-state index in [0.717, 1.165) is 50.3 Å². The Morgan fingerprint density at radius 1 is 1.38 bits per heavy atom. The van der Waals surface area contributed by atoms with Crippen molar-refractivity contribution in [3.05, 3.63) is 29.8 Å². The van der Waals surface area contributed by atoms with Crippen LogP contribution in [0, 0.1) is 5.92 Å². The van der Waals surface area contributed by atoms with Crippen LogP contribution in [0.3, 0.4) is 0 Å². The largest absolute Gasteiger partial charge is 0.494 e. The third-order valence-electron chi connectivity index (χ3n) is 3.53. The number of hydrogen-bond donors (Lipinski definition) is 2. The van der Waals surface area contributed by atoms with Gasteiger partial charge in [-0.3, -0.25) is 4.79 Å². The van der Waals surface area contributed by atoms with Gasteiger partial charge in [-0.1, -0.05) is 19.1 Å². The first kappa shape index (κ1) is 17.8. The number of rotatable bonds is 6. The van der Waals surface area contributed by atoms with Gasteiger partial charge in [0.2, 0.25) is 5.91 Å². The number of benzene rings is 1. The third kappa shape index (κ3) is 5.94. The first-order valence-corrected chi connectivity index (χ1v) is 7.49. The van der Waals surface area contributed by atoms with E-state index in [-0.39, 0.29) is 24.2 Å². The summed E-state index contributed by atoms with van der Waals surface area (Å²) in [6.07, 6.45) is 3.08. The SMILES string of the molecule is CCCOc1ccc(CNC(=O)C2CCCNC2)cc1.Cl. The molecule has 1 aliphatic heterocycles. The molecule has 1 fully saturated rings. The second kappa shape index (κ2) is 9.64. The minimum absolute atomic E-state index is 0. The maximum atomic E-state index is 12.0. The summed E-state index contributed by atoms with van der Waals surface area (Å²) in [6.45, 7) is 5.25. The quantitative estimate of drug-likeness (QED) is 0.848. The Morgan fingerprint density at radius 2 is 2.14 bits per heavy atom. The number of ether oxygens (including phenoxy) is 1. The Kier molecular flexibility index (Phi) is 8.16. The summed E-state index contributed by atoms with van der Waals surface area (Å²) in [4.78, 5) is 12.0. The normalized spacial score (nSPS) is 17.7. The minimum Gasteiger partial charge on any atom is -0.494 e. The van der Waals surface area contributed by atoms with Crippen molar-refractivity contribution in [1.29, 1.82) is 0 Å². The number of amides is 1. The predicted molar refractivity (Wildman–Crippen MR) is 86.9 cm³/mol. The van der Waals surface area contributed by atoms with Crippen LogP contribution in [0.2, 0.25) is 0 Å². The van der Waals surface area contributed by atoms with Gasteiger partial charge in [-0.2, -0.15) is 0 Å². The molecule has 0 radical (unpaired) electrons. The van der Waals surface area contributed by atoms with Crippen molar-refractivity contribution in [2.45, 2.75) is 32.7 Å². The standard InChI is InChI=1S/C16H24N2O2.ClH/c1-2-10-20-15-7-5-13(6-8-15)11-18-16(19)14-4-3-9-17-12-14;/h5-8,14,17H,2-4,9-12H2,1H3,(H,18,19);1H. The van der Waals surface area contributed by atoms with Crippen LogP contribution in [0.25, 0.3) is 0 Å². The summed E-state index contributed by atoms with van der Waals surface area (Å²) in [7, 11) is 0. The van der Waals surface area contributed by atoms with Gasteiger partial charge in [0.1, 0.15) is 5.75 Å². The van der Waals surface area contributed by atoms with Crippen LogP contribution in [-0.4, -0.2) is 25.6 Å². The molecule has 0 spiro atoms. The molecule has 2 N–H and O–H groups in total. The number of carbonyl (C=O) groups is 1. The highest BCUT2D eigenvalue weighted by atomic mass is 35.5. The summed E-state index contributed by atoms with van der Waals surface area (Å²) in [5.41, 5.74) is 1.10. The van der Waals surface area contributed by atoms with E-state index in [0.29, 0.717) is 6.54 Å². The van der Waals surface area contributed by atoms with Crippen LogP contribution in [0.15, 0.2) is 24.3 Å². The molecule has 1 aromatic rings. The number of piperidine rings is 1. The Bertz CT molecular complexity index is 417. The molecule has 21 heavy (non-hydrogen) atoms. The summed E-state index contributed by atoms with van der Waals surface area (Å²) in [5.74, 6) is 1.16. The average Bonchev–Trinajstić information content (AvgIpc) is 2.52. The van der Waals surface area contributed by atoms with Gasteiger partial charge >= 0.3 is 0 Å². The molecule has 4 nitrogen and oxygen atoms in total. The van der Waals surface area contributed by atoms with Gasteiger partial charge in [0.25, 0.3) is 0 Å². The first-order valence-electron chi connectivity index (χ1n) is 7.49. The van der Waals surface area contributed by atoms with Gasteiger partial charge in [-0.25, -0.2) is 0 Å². The fourth-order valence-corrected chi connectivity index (χ4v) is 2.33. The van der Waals surface area contributed by atoms with Crippen LogP contribution < -0.4 is 15.4 Å². The molecule has 5 heteroatoms. The summed E-state index contributed by atoms with van der Waals surface area (Å²) in [6, 6.07) is 7.92. The highest BCUT2D eigenvalue weighted by Crippen LogP contribution is 2.13. The van der Waals surface area contributed by atoms with E-state index in [1.165, 1.54) is 0 Å². The van der Waals surface area contributed by atoms with Crippen LogP contribution in [0.1, 0.15) is 31.7 Å². The second-order valence-corrected chi connectivity index (χ2v) is 5.25. The highest BCUT2D eigenvalue weighted by Gasteiger charge is 2.20. The molecule has 1 amide bonds. The van der Waals surface area contributed by atoms with Crippen LogP contribution in [0.4, 0.5) is 0 Å². The van der Waals surface area contributed by atoms with Crippen molar-refractivity contribution in [2.24, 2.45) is 5.92 Å². The van der Waals surface area contributed by atoms with Crippen molar-refractivity contribution < 1.29 is 9.53 Å². The van der Waals surface area contributed by atoms with Crippen LogP contribution in [0.5, 0.6) is 5.75 Å². The first-order chi connectivity index (χ1) is 9.79. The van der Waals surface area contributed by atoms with Crippen LogP contribution in [-0.2, 0) is 11.3 Å². The Hall–Kier alpha value is -1.26. The molecule has 118 valence electrons. The zero-order valence-electron chi connectivity index (χ0n) is 12.6. The van der Waals surface area contributed by atoms with E-state index < -0.39 is 0 Å². The zero-order chi connectivity index (χ0) is 14.2. The van der Waals surface area contributed by atoms with E-state index in [4.69, 9.17) is 4.74 Å². The maximum Gasteiger partial charge on any atom is 0.224 e. The molecule has 1 aromatic carbocycles. The lowest BCUT2D eigenvalue weighted by molar-refractivity contribution is -0.125. The molecule has 1 unspecified atom stereocenters. The van der Waals surface area contributed by atoms with E-state index in [1.807, 2.05) is 24.3 Å². The average molecular weight is 313 g/mol. The van der Waals surface area contributed by atoms with Crippen molar-refractivity contribution in [1.82, 2.24) is 10.6 Å². The molecule has 1 saturated heterocycles. The van der Waals surface area contributed by atoms with E-state index in [1.54, 1.807) is 0 Å². The van der Waals surface area contributed by atoms with Gasteiger partial charge in [0.05, 0.1) is 12.5 Å². The topological polar surface area (TPSA) is 50.4 Å². The molecule has 0 bridgehead atoms. The fraction of sp³-hybridized carbons (Fsp3) is 0.562. The highest BCUT2D eigenvalue weighted by molar-refractivity contribution is 5.85. The summed E-state index contributed by atoms with van der Waals surface area (Å²) >= 11 is 0. The van der Waals surface area contributed by atoms with Crippen molar-refractivity contribution in [2.75, 3.05) is 19.7 Å². The zero-order valence-corrected chi connectivity index (χ0v) is 13.4. The molecule has 1 heterocycles. The van der Waals surface area contributed by atoms with Gasteiger partial charge in [0, 0.05) is 13.1 Å². The minimum atomic E-state index is 0. The fourth-order valence-electron chi connectivity index (χ4n) is 2.33. The van der Waals surface area contributed by atoms with Gasteiger partial charge < -0.3 is 15.4 Å². The van der Waals surface area contributed by atoms with Crippen molar-refractivity contribution in [3.8, 4) is 5.75 Å². The number of hydrogen-bond acceptors (Lipinski definition) is 3. The lowest BCUT2D eigenvalue weighted by Crippen LogP contribution is -2.40. The van der Waals surface area contributed by atoms with Crippen LogP contribution >= 0.6 is 12.4 Å². The smallest absolute Gasteiger partial charge is 0.224 e. The maximum absolute atomic E-state index is 12.0. The van der Waals surface area contributed by atoms with E-state index in [2.05, 4.69) is 17.6 Å². The molecule has 0 aliphatic carbocycles. The monoisotopic (exact) mass is 312 g/mol. The van der Waals surface area contributed by atoms with E-state index >= 15 is 0 Å². The molecule has 0 aromatic heterocycles. The summed E-state index contributed by atoms with van der Waals surface area (Å²) < 4.78 is 5.54. The molecule has 2 rings (SSSR count). The van der Waals surface area contributed by atoms with Gasteiger partial charge in [0.15, 0.2) is 0 Å². The third-order valence-corrected chi connectivity index (χ3v) is 3.53. The Labute approximate surface area is 133 Å². The lowest BCUT2D eigenvalue weighted by atomic mass is 9.99. The number of halogens is 1.